The van der Waals surface area contributed by atoms with E-state index in [0.29, 0.717) is 159 Å². The number of unbranched alkanes of at least 4 members (excludes halogenated alkanes) is 5. The molecule has 0 aromatic rings. The molecule has 13 nitrogen and oxygen atoms in total. The molecule has 0 heterocycles. The van der Waals surface area contributed by atoms with Crippen LogP contribution in [0.1, 0.15) is 51.9 Å². The fourth-order valence-corrected chi connectivity index (χ4v) is 4.39. The Morgan fingerprint density at radius 3 is 0.612 bits per heavy atom. The smallest absolute Gasteiger partial charge is 0.0701 e. The molecule has 0 N–H and O–H groups in total. The van der Waals surface area contributed by atoms with E-state index in [4.69, 9.17) is 61.6 Å². The molecule has 0 saturated carbocycles. The molecule has 0 atom stereocenters. The average Bonchev–Trinajstić information content (AvgIpc) is 3.11. The molecule has 296 valence electrons. The second kappa shape index (κ2) is 48.2. The van der Waals surface area contributed by atoms with E-state index >= 15 is 0 Å². The van der Waals surface area contributed by atoms with Crippen LogP contribution < -0.4 is 0 Å². The van der Waals surface area contributed by atoms with Crippen molar-refractivity contribution in [2.24, 2.45) is 0 Å². The number of ether oxygens (including phenoxy) is 13. The summed E-state index contributed by atoms with van der Waals surface area (Å²) < 4.78 is 72.7. The Morgan fingerprint density at radius 1 is 0.224 bits per heavy atom. The molecular weight excluding hydrogens is 755 g/mol. The maximum atomic E-state index is 5.56. The van der Waals surface area contributed by atoms with E-state index in [2.05, 4.69) is 29.5 Å². The molecule has 0 aliphatic carbocycles. The van der Waals surface area contributed by atoms with Gasteiger partial charge in [0.2, 0.25) is 0 Å². The van der Waals surface area contributed by atoms with Crippen molar-refractivity contribution >= 4 is 22.6 Å². The minimum Gasteiger partial charge on any atom is -0.379 e. The number of halogens is 1. The van der Waals surface area contributed by atoms with E-state index < -0.39 is 0 Å². The monoisotopic (exact) mass is 826 g/mol. The summed E-state index contributed by atoms with van der Waals surface area (Å²) in [6, 6.07) is 0. The van der Waals surface area contributed by atoms with Crippen molar-refractivity contribution in [3.63, 3.8) is 0 Å². The maximum absolute atomic E-state index is 5.56. The SMILES string of the molecule is CCCCCOCCOCCOCCOCCOCCOCCOCCOCCOCCOCCOCCOCCOCCCCCCI. The van der Waals surface area contributed by atoms with Gasteiger partial charge in [-0.15, -0.1) is 0 Å². The second-order valence-electron chi connectivity index (χ2n) is 10.8. The highest BCUT2D eigenvalue weighted by atomic mass is 127. The van der Waals surface area contributed by atoms with Crippen molar-refractivity contribution in [2.75, 3.05) is 176 Å². The summed E-state index contributed by atoms with van der Waals surface area (Å²) in [6.45, 7) is 17.0. The summed E-state index contributed by atoms with van der Waals surface area (Å²) in [7, 11) is 0. The van der Waals surface area contributed by atoms with E-state index in [0.717, 1.165) is 26.1 Å². The maximum Gasteiger partial charge on any atom is 0.0701 e. The van der Waals surface area contributed by atoms with Gasteiger partial charge in [0.05, 0.1) is 159 Å². The normalized spacial score (nSPS) is 11.6. The number of alkyl halides is 1. The Labute approximate surface area is 311 Å². The van der Waals surface area contributed by atoms with Gasteiger partial charge in [-0.2, -0.15) is 0 Å². The van der Waals surface area contributed by atoms with Gasteiger partial charge in [0.25, 0.3) is 0 Å². The highest BCUT2D eigenvalue weighted by Crippen LogP contribution is 2.02. The zero-order valence-corrected chi connectivity index (χ0v) is 32.9. The van der Waals surface area contributed by atoms with Crippen LogP contribution in [-0.2, 0) is 61.6 Å². The molecule has 0 aromatic heterocycles. The fourth-order valence-electron chi connectivity index (χ4n) is 3.85. The number of rotatable bonds is 46. The second-order valence-corrected chi connectivity index (χ2v) is 11.8. The van der Waals surface area contributed by atoms with Crippen LogP contribution in [0.2, 0.25) is 0 Å². The van der Waals surface area contributed by atoms with Gasteiger partial charge in [0.1, 0.15) is 0 Å². The molecule has 0 saturated heterocycles. The van der Waals surface area contributed by atoms with Crippen LogP contribution in [0.4, 0.5) is 0 Å². The summed E-state index contributed by atoms with van der Waals surface area (Å²) in [6.07, 6.45) is 8.53. The van der Waals surface area contributed by atoms with Crippen LogP contribution in [0, 0.1) is 0 Å². The minimum atomic E-state index is 0.517. The molecule has 0 aromatic carbocycles. The van der Waals surface area contributed by atoms with Crippen LogP contribution >= 0.6 is 22.6 Å². The van der Waals surface area contributed by atoms with E-state index in [1.54, 1.807) is 0 Å². The highest BCUT2D eigenvalue weighted by Gasteiger charge is 1.97. The zero-order chi connectivity index (χ0) is 35.2. The summed E-state index contributed by atoms with van der Waals surface area (Å²) in [5, 5.41) is 0. The molecule has 0 radical (unpaired) electrons. The van der Waals surface area contributed by atoms with Gasteiger partial charge in [-0.05, 0) is 23.7 Å². The van der Waals surface area contributed by atoms with Crippen molar-refractivity contribution in [2.45, 2.75) is 51.9 Å². The van der Waals surface area contributed by atoms with E-state index in [-0.39, 0.29) is 0 Å². The van der Waals surface area contributed by atoms with Crippen molar-refractivity contribution < 1.29 is 61.6 Å². The van der Waals surface area contributed by atoms with Crippen molar-refractivity contribution in [1.82, 2.24) is 0 Å². The van der Waals surface area contributed by atoms with Gasteiger partial charge in [-0.25, -0.2) is 0 Å². The zero-order valence-electron chi connectivity index (χ0n) is 30.7. The average molecular weight is 827 g/mol. The van der Waals surface area contributed by atoms with Gasteiger partial charge in [-0.1, -0.05) is 55.2 Å². The predicted molar refractivity (Wildman–Crippen MR) is 198 cm³/mol. The third kappa shape index (κ3) is 48.2. The first-order valence-corrected chi connectivity index (χ1v) is 20.0. The van der Waals surface area contributed by atoms with E-state index in [9.17, 15) is 0 Å². The molecule has 0 rings (SSSR count). The lowest BCUT2D eigenvalue weighted by Gasteiger charge is -2.09. The Morgan fingerprint density at radius 2 is 0.408 bits per heavy atom. The van der Waals surface area contributed by atoms with E-state index in [1.165, 1.54) is 36.5 Å². The van der Waals surface area contributed by atoms with E-state index in [1.807, 2.05) is 0 Å². The molecule has 49 heavy (non-hydrogen) atoms. The first kappa shape index (κ1) is 49.2. The standard InChI is InChI=1S/C35H71IO13/c1-2-3-7-10-37-12-14-39-16-18-41-20-22-43-24-26-45-28-30-47-32-34-49-35-33-48-31-29-46-27-25-44-23-21-42-19-17-40-15-13-38-11-8-5-4-6-9-36/h2-35H2,1H3. The predicted octanol–water partition coefficient (Wildman–Crippen LogP) is 4.39. The minimum absolute atomic E-state index is 0.517. The van der Waals surface area contributed by atoms with Crippen LogP contribution in [0.25, 0.3) is 0 Å². The summed E-state index contributed by atoms with van der Waals surface area (Å²) in [4.78, 5) is 0. The first-order chi connectivity index (χ1) is 24.4. The number of hydrogen-bond donors (Lipinski definition) is 0. The summed E-state index contributed by atoms with van der Waals surface area (Å²) in [5.41, 5.74) is 0. The molecule has 0 spiro atoms. The van der Waals surface area contributed by atoms with Crippen LogP contribution in [0.3, 0.4) is 0 Å². The molecule has 0 unspecified atom stereocenters. The van der Waals surface area contributed by atoms with Gasteiger partial charge in [0.15, 0.2) is 0 Å². The fraction of sp³-hybridized carbons (Fsp3) is 1.00. The number of hydrogen-bond acceptors (Lipinski definition) is 13. The molecule has 0 amide bonds. The largest absolute Gasteiger partial charge is 0.379 e. The summed E-state index contributed by atoms with van der Waals surface area (Å²) in [5.74, 6) is 0. The quantitative estimate of drug-likeness (QED) is 0.0491. The highest BCUT2D eigenvalue weighted by molar-refractivity contribution is 14.1. The lowest BCUT2D eigenvalue weighted by atomic mass is 10.2. The van der Waals surface area contributed by atoms with Gasteiger partial charge < -0.3 is 61.6 Å². The summed E-state index contributed by atoms with van der Waals surface area (Å²) >= 11 is 2.42. The Bertz CT molecular complexity index is 524. The molecule has 0 fully saturated rings. The third-order valence-electron chi connectivity index (χ3n) is 6.53. The van der Waals surface area contributed by atoms with Gasteiger partial charge in [-0.3, -0.25) is 0 Å². The lowest BCUT2D eigenvalue weighted by molar-refractivity contribution is -0.0290. The Kier molecular flexibility index (Phi) is 48.4. The van der Waals surface area contributed by atoms with Crippen LogP contribution in [0.5, 0.6) is 0 Å². The first-order valence-electron chi connectivity index (χ1n) is 18.5. The lowest BCUT2D eigenvalue weighted by Crippen LogP contribution is -2.15. The van der Waals surface area contributed by atoms with Gasteiger partial charge in [0, 0.05) is 13.2 Å². The Hall–Kier alpha value is 0.210. The van der Waals surface area contributed by atoms with Gasteiger partial charge >= 0.3 is 0 Å². The topological polar surface area (TPSA) is 120 Å². The van der Waals surface area contributed by atoms with Crippen LogP contribution in [0.15, 0.2) is 0 Å². The van der Waals surface area contributed by atoms with Crippen LogP contribution in [-0.4, -0.2) is 176 Å². The van der Waals surface area contributed by atoms with Crippen molar-refractivity contribution in [3.8, 4) is 0 Å². The third-order valence-corrected chi connectivity index (χ3v) is 7.29. The van der Waals surface area contributed by atoms with Crippen molar-refractivity contribution in [1.29, 1.82) is 0 Å². The Balaban J connectivity index is 3.04. The molecular formula is C35H71IO13. The van der Waals surface area contributed by atoms with Crippen molar-refractivity contribution in [3.05, 3.63) is 0 Å². The molecule has 0 aliphatic rings. The molecule has 0 aliphatic heterocycles. The molecule has 0 bridgehead atoms. The molecule has 14 heteroatoms.